The summed E-state index contributed by atoms with van der Waals surface area (Å²) in [4.78, 5) is 0. The lowest BCUT2D eigenvalue weighted by Gasteiger charge is -2.32. The fraction of sp³-hybridized carbons (Fsp3) is 0.167. The van der Waals surface area contributed by atoms with Gasteiger partial charge in [-0.3, -0.25) is 0 Å². The zero-order valence-corrected chi connectivity index (χ0v) is 29.4. The van der Waals surface area contributed by atoms with Crippen LogP contribution < -0.4 is 32.8 Å². The van der Waals surface area contributed by atoms with E-state index in [9.17, 15) is 2.74 Å². The fourth-order valence-corrected chi connectivity index (χ4v) is 10.4. The Morgan fingerprint density at radius 1 is 0.400 bits per heavy atom. The van der Waals surface area contributed by atoms with Gasteiger partial charge in [-0.05, 0) is 98.8 Å². The number of hydrogen-bond donors (Lipinski definition) is 0. The third-order valence-electron chi connectivity index (χ3n) is 12.7. The molecule has 0 aliphatic carbocycles. The van der Waals surface area contributed by atoms with Gasteiger partial charge in [0.1, 0.15) is 0 Å². The summed E-state index contributed by atoms with van der Waals surface area (Å²) in [6, 6.07) is 37.9. The van der Waals surface area contributed by atoms with Crippen molar-refractivity contribution in [2.24, 2.45) is 0 Å². The van der Waals surface area contributed by atoms with Crippen LogP contribution in [0.15, 0.2) is 109 Å². The van der Waals surface area contributed by atoms with Gasteiger partial charge in [0.2, 0.25) is 13.4 Å². The Morgan fingerprint density at radius 2 is 0.780 bits per heavy atom. The molecule has 4 aliphatic rings. The standard InChI is InChI=1S/C48H36B2/c1-47(2,3)27-21-33-29-11-7-9-13-37(29)49-39-19-26-16-18-32-36-24-28(48(4,5)6)22-34-30-12-8-10-14-38(30)50(46(34)36)40-20-25-15-17-31(35(23-27)45(33)49)43(39)41(25)42(26)44(32)40/h7-24H,1-6H3/i15D,16D. The Bertz CT molecular complexity index is 2810. The van der Waals surface area contributed by atoms with Gasteiger partial charge in [-0.1, -0.05) is 183 Å². The summed E-state index contributed by atoms with van der Waals surface area (Å²) >= 11 is 0. The first-order valence-corrected chi connectivity index (χ1v) is 18.3. The van der Waals surface area contributed by atoms with Crippen molar-refractivity contribution in [3.63, 3.8) is 0 Å². The SMILES string of the molecule is [2H]c1cc2c3c(cc4c([2H])cc5c6c(cc1c3c46)B1c3ccccc3-c3cc(C(C)(C)C)cc-5c31)B1c3ccccc3-c3cc(C(C)(C)C)cc-2c31. The molecule has 0 saturated carbocycles. The molecule has 4 aliphatic heterocycles. The molecule has 0 amide bonds. The molecule has 0 saturated heterocycles. The maximum Gasteiger partial charge on any atom is 0.244 e. The molecule has 0 spiro atoms. The summed E-state index contributed by atoms with van der Waals surface area (Å²) in [6.07, 6.45) is 0. The molecule has 8 aromatic carbocycles. The summed E-state index contributed by atoms with van der Waals surface area (Å²) in [7, 11) is 0. The van der Waals surface area contributed by atoms with E-state index >= 15 is 0 Å². The topological polar surface area (TPSA) is 0 Å². The van der Waals surface area contributed by atoms with Crippen molar-refractivity contribution in [1.82, 2.24) is 0 Å². The smallest absolute Gasteiger partial charge is 0.0664 e. The normalized spacial score (nSPS) is 15.1. The van der Waals surface area contributed by atoms with Gasteiger partial charge in [0, 0.05) is 0 Å². The lowest BCUT2D eigenvalue weighted by Crippen LogP contribution is -2.53. The Morgan fingerprint density at radius 3 is 1.18 bits per heavy atom. The second-order valence-electron chi connectivity index (χ2n) is 17.4. The van der Waals surface area contributed by atoms with E-state index < -0.39 is 0 Å². The first-order chi connectivity index (χ1) is 24.9. The van der Waals surface area contributed by atoms with Crippen molar-refractivity contribution in [2.45, 2.75) is 52.4 Å². The van der Waals surface area contributed by atoms with Crippen LogP contribution >= 0.6 is 0 Å². The molecule has 4 heterocycles. The number of hydrogen-bond acceptors (Lipinski definition) is 0. The minimum Gasteiger partial charge on any atom is -0.0664 e. The minimum atomic E-state index is -0.0247. The lowest BCUT2D eigenvalue weighted by molar-refractivity contribution is 0.590. The Kier molecular flexibility index (Phi) is 4.45. The van der Waals surface area contributed by atoms with Gasteiger partial charge >= 0.3 is 0 Å². The molecule has 0 N–H and O–H groups in total. The van der Waals surface area contributed by atoms with Gasteiger partial charge in [0.05, 0.1) is 2.74 Å². The van der Waals surface area contributed by atoms with Gasteiger partial charge in [0.15, 0.2) is 0 Å². The van der Waals surface area contributed by atoms with Crippen LogP contribution in [-0.4, -0.2) is 13.4 Å². The Hall–Kier alpha value is -5.07. The van der Waals surface area contributed by atoms with Crippen molar-refractivity contribution < 1.29 is 2.74 Å². The van der Waals surface area contributed by atoms with E-state index in [1.165, 1.54) is 110 Å². The van der Waals surface area contributed by atoms with E-state index in [0.29, 0.717) is 12.1 Å². The predicted octanol–water partition coefficient (Wildman–Crippen LogP) is 8.13. The molecule has 8 aromatic rings. The second kappa shape index (κ2) is 8.62. The van der Waals surface area contributed by atoms with Gasteiger partial charge in [-0.25, -0.2) is 0 Å². The fourth-order valence-electron chi connectivity index (χ4n) is 10.4. The summed E-state index contributed by atoms with van der Waals surface area (Å²) < 4.78 is 19.6. The van der Waals surface area contributed by atoms with E-state index in [-0.39, 0.29) is 24.3 Å². The molecule has 0 fully saturated rings. The molecule has 50 heavy (non-hydrogen) atoms. The van der Waals surface area contributed by atoms with E-state index in [4.69, 9.17) is 0 Å². The second-order valence-corrected chi connectivity index (χ2v) is 17.4. The van der Waals surface area contributed by atoms with E-state index in [0.717, 1.165) is 10.8 Å². The molecule has 0 nitrogen and oxygen atoms in total. The molecule has 12 rings (SSSR count). The molecule has 0 aromatic heterocycles. The molecular weight excluding hydrogens is 598 g/mol. The highest BCUT2D eigenvalue weighted by Gasteiger charge is 2.44. The van der Waals surface area contributed by atoms with Gasteiger partial charge in [-0.15, -0.1) is 0 Å². The third kappa shape index (κ3) is 3.14. The van der Waals surface area contributed by atoms with Crippen molar-refractivity contribution in [3.05, 3.63) is 120 Å². The maximum absolute atomic E-state index is 9.78. The molecular formula is C48H36B2. The van der Waals surface area contributed by atoms with E-state index in [2.05, 4.69) is 139 Å². The number of fused-ring (bicyclic) bond motifs is 10. The number of benzene rings is 8. The Labute approximate surface area is 297 Å². The van der Waals surface area contributed by atoms with Crippen molar-refractivity contribution >= 4 is 78.5 Å². The summed E-state index contributed by atoms with van der Waals surface area (Å²) in [5, 5.41) is 6.90. The van der Waals surface area contributed by atoms with Gasteiger partial charge < -0.3 is 0 Å². The highest BCUT2D eigenvalue weighted by atomic mass is 14.3. The average Bonchev–Trinajstić information content (AvgIpc) is 3.63. The Balaban J connectivity index is 1.29. The van der Waals surface area contributed by atoms with Crippen LogP contribution in [0.25, 0.3) is 76.8 Å². The molecule has 234 valence electrons. The van der Waals surface area contributed by atoms with Crippen LogP contribution in [0.5, 0.6) is 0 Å². The first-order valence-electron chi connectivity index (χ1n) is 19.3. The lowest BCUT2D eigenvalue weighted by atomic mass is 9.34. The molecule has 2 heteroatoms. The van der Waals surface area contributed by atoms with Crippen molar-refractivity contribution in [3.8, 4) is 44.5 Å². The zero-order valence-electron chi connectivity index (χ0n) is 31.4. The number of rotatable bonds is 0. The predicted molar refractivity (Wildman–Crippen MR) is 219 cm³/mol. The zero-order chi connectivity index (χ0) is 35.3. The summed E-state index contributed by atoms with van der Waals surface area (Å²) in [5.74, 6) is 0. The summed E-state index contributed by atoms with van der Waals surface area (Å²) in [6.45, 7) is 14.0. The van der Waals surface area contributed by atoms with E-state index in [1.807, 2.05) is 0 Å². The molecule has 0 atom stereocenters. The molecule has 0 unspecified atom stereocenters. The highest BCUT2D eigenvalue weighted by Crippen LogP contribution is 2.47. The van der Waals surface area contributed by atoms with Gasteiger partial charge in [-0.2, -0.15) is 0 Å². The highest BCUT2D eigenvalue weighted by molar-refractivity contribution is 7.03. The molecule has 0 radical (unpaired) electrons. The average molecular weight is 636 g/mol. The van der Waals surface area contributed by atoms with Crippen molar-refractivity contribution in [2.75, 3.05) is 0 Å². The van der Waals surface area contributed by atoms with Crippen LogP contribution in [0.2, 0.25) is 0 Å². The maximum atomic E-state index is 9.78. The third-order valence-corrected chi connectivity index (χ3v) is 12.7. The molecule has 0 bridgehead atoms. The quantitative estimate of drug-likeness (QED) is 0.117. The van der Waals surface area contributed by atoms with Gasteiger partial charge in [0.25, 0.3) is 0 Å². The summed E-state index contributed by atoms with van der Waals surface area (Å²) in [5.41, 5.74) is 20.8. The van der Waals surface area contributed by atoms with Crippen LogP contribution in [0, 0.1) is 0 Å². The monoisotopic (exact) mass is 636 g/mol. The van der Waals surface area contributed by atoms with E-state index in [1.54, 1.807) is 0 Å². The largest absolute Gasteiger partial charge is 0.244 e. The van der Waals surface area contributed by atoms with Crippen LogP contribution in [-0.2, 0) is 10.8 Å². The first kappa shape index (κ1) is 25.8. The van der Waals surface area contributed by atoms with Crippen LogP contribution in [0.3, 0.4) is 0 Å². The minimum absolute atomic E-state index is 0.0247. The van der Waals surface area contributed by atoms with Crippen LogP contribution in [0.1, 0.15) is 55.4 Å². The van der Waals surface area contributed by atoms with Crippen molar-refractivity contribution in [1.29, 1.82) is 0 Å². The van der Waals surface area contributed by atoms with Crippen LogP contribution in [0.4, 0.5) is 0 Å².